The molecule has 0 N–H and O–H groups in total. The molecule has 17 heavy (non-hydrogen) atoms. The molecule has 1 aromatic heterocycles. The zero-order chi connectivity index (χ0) is 12.4. The molecule has 2 aromatic rings. The Balaban J connectivity index is 2.56. The van der Waals surface area contributed by atoms with Gasteiger partial charge in [-0.15, -0.1) is 0 Å². The van der Waals surface area contributed by atoms with Gasteiger partial charge in [0, 0.05) is 0 Å². The first-order valence-electron chi connectivity index (χ1n) is 4.74. The second-order valence-electron chi connectivity index (χ2n) is 3.26. The van der Waals surface area contributed by atoms with Gasteiger partial charge in [-0.25, -0.2) is 4.39 Å². The molecule has 88 valence electrons. The number of carbonyl (C=O) groups excluding carboxylic acids is 1. The first-order chi connectivity index (χ1) is 8.17. The molecule has 2 rings (SSSR count). The summed E-state index contributed by atoms with van der Waals surface area (Å²) in [7, 11) is 1.33. The molecule has 0 unspecified atom stereocenters. The molecule has 1 aromatic carbocycles. The van der Waals surface area contributed by atoms with E-state index in [1.54, 1.807) is 0 Å². The van der Waals surface area contributed by atoms with Gasteiger partial charge in [0.25, 0.3) is 0 Å². The number of halogens is 2. The highest BCUT2D eigenvalue weighted by molar-refractivity contribution is 6.32. The van der Waals surface area contributed by atoms with Gasteiger partial charge in [-0.2, -0.15) is 0 Å². The van der Waals surface area contributed by atoms with Gasteiger partial charge < -0.3 is 9.15 Å². The van der Waals surface area contributed by atoms with Gasteiger partial charge in [-0.1, -0.05) is 11.6 Å². The van der Waals surface area contributed by atoms with E-state index < -0.39 is 5.82 Å². The predicted molar refractivity (Wildman–Crippen MR) is 61.1 cm³/mol. The van der Waals surface area contributed by atoms with Gasteiger partial charge >= 0.3 is 0 Å². The molecule has 5 heteroatoms. The Morgan fingerprint density at radius 2 is 2.12 bits per heavy atom. The fraction of sp³-hybridized carbons (Fsp3) is 0.0833. The highest BCUT2D eigenvalue weighted by Gasteiger charge is 2.16. The topological polar surface area (TPSA) is 39.4 Å². The maximum Gasteiger partial charge on any atom is 0.185 e. The van der Waals surface area contributed by atoms with Crippen molar-refractivity contribution in [3.8, 4) is 17.1 Å². The van der Waals surface area contributed by atoms with Gasteiger partial charge in [0.1, 0.15) is 5.76 Å². The fourth-order valence-electron chi connectivity index (χ4n) is 1.47. The molecule has 0 aliphatic rings. The van der Waals surface area contributed by atoms with Gasteiger partial charge in [0.15, 0.2) is 23.6 Å². The fourth-order valence-corrected chi connectivity index (χ4v) is 1.69. The molecule has 0 amide bonds. The Morgan fingerprint density at radius 3 is 2.71 bits per heavy atom. The molecule has 3 nitrogen and oxygen atoms in total. The van der Waals surface area contributed by atoms with E-state index in [0.717, 1.165) is 0 Å². The second-order valence-corrected chi connectivity index (χ2v) is 3.67. The normalized spacial score (nSPS) is 10.3. The zero-order valence-corrected chi connectivity index (χ0v) is 9.62. The highest BCUT2D eigenvalue weighted by Crippen LogP contribution is 2.35. The van der Waals surface area contributed by atoms with Crippen molar-refractivity contribution < 1.29 is 18.3 Å². The van der Waals surface area contributed by atoms with Crippen LogP contribution in [0, 0.1) is 5.82 Å². The Hall–Kier alpha value is -1.81. The van der Waals surface area contributed by atoms with Crippen LogP contribution in [0.5, 0.6) is 5.75 Å². The molecule has 0 radical (unpaired) electrons. The van der Waals surface area contributed by atoms with Crippen LogP contribution < -0.4 is 4.74 Å². The Labute approximate surface area is 102 Å². The second kappa shape index (κ2) is 4.59. The summed E-state index contributed by atoms with van der Waals surface area (Å²) >= 11 is 5.77. The van der Waals surface area contributed by atoms with Crippen LogP contribution >= 0.6 is 11.6 Å². The largest absolute Gasteiger partial charge is 0.492 e. The molecule has 1 heterocycles. The lowest BCUT2D eigenvalue weighted by atomic mass is 10.1. The Bertz CT molecular complexity index is 563. The summed E-state index contributed by atoms with van der Waals surface area (Å²) in [5.41, 5.74) is 0.194. The maximum absolute atomic E-state index is 14.0. The number of hydrogen-bond donors (Lipinski definition) is 0. The van der Waals surface area contributed by atoms with Crippen LogP contribution in [0.4, 0.5) is 4.39 Å². The lowest BCUT2D eigenvalue weighted by Gasteiger charge is -2.07. The number of benzene rings is 1. The number of hydrogen-bond acceptors (Lipinski definition) is 3. The molecule has 0 saturated carbocycles. The van der Waals surface area contributed by atoms with Gasteiger partial charge in [-0.05, 0) is 24.3 Å². The monoisotopic (exact) mass is 254 g/mol. The maximum atomic E-state index is 14.0. The SMILES string of the molecule is COc1c(Cl)ccc(-c2ccc(C=O)o2)c1F. The summed E-state index contributed by atoms with van der Waals surface area (Å²) in [5.74, 6) is -0.284. The number of aldehydes is 1. The van der Waals surface area contributed by atoms with Crippen LogP contribution in [-0.2, 0) is 0 Å². The van der Waals surface area contributed by atoms with E-state index in [-0.39, 0.29) is 27.9 Å². The van der Waals surface area contributed by atoms with Crippen LogP contribution in [-0.4, -0.2) is 13.4 Å². The van der Waals surface area contributed by atoms with Crippen molar-refractivity contribution in [3.05, 3.63) is 40.9 Å². The lowest BCUT2D eigenvalue weighted by Crippen LogP contribution is -1.92. The van der Waals surface area contributed by atoms with Gasteiger partial charge in [0.2, 0.25) is 0 Å². The lowest BCUT2D eigenvalue weighted by molar-refractivity contribution is 0.110. The summed E-state index contributed by atoms with van der Waals surface area (Å²) in [6.07, 6.45) is 0.550. The minimum absolute atomic E-state index is 0.0479. The molecule has 0 aliphatic heterocycles. The molecule has 0 spiro atoms. The minimum Gasteiger partial charge on any atom is -0.492 e. The molecule has 0 saturated heterocycles. The molecule has 0 atom stereocenters. The third-order valence-electron chi connectivity index (χ3n) is 2.26. The summed E-state index contributed by atoms with van der Waals surface area (Å²) < 4.78 is 24.0. The van der Waals surface area contributed by atoms with E-state index in [1.807, 2.05) is 0 Å². The van der Waals surface area contributed by atoms with Crippen molar-refractivity contribution in [3.63, 3.8) is 0 Å². The van der Waals surface area contributed by atoms with Crippen LogP contribution in [0.15, 0.2) is 28.7 Å². The van der Waals surface area contributed by atoms with Crippen molar-refractivity contribution in [2.75, 3.05) is 7.11 Å². The highest BCUT2D eigenvalue weighted by atomic mass is 35.5. The quantitative estimate of drug-likeness (QED) is 0.786. The molecule has 0 aliphatic carbocycles. The zero-order valence-electron chi connectivity index (χ0n) is 8.87. The summed E-state index contributed by atoms with van der Waals surface area (Å²) in [5, 5.41) is 0.177. The average molecular weight is 255 g/mol. The molecule has 0 bridgehead atoms. The first-order valence-corrected chi connectivity index (χ1v) is 5.12. The average Bonchev–Trinajstić information content (AvgIpc) is 2.78. The summed E-state index contributed by atoms with van der Waals surface area (Å²) in [4.78, 5) is 10.5. The Kier molecular flexibility index (Phi) is 3.15. The van der Waals surface area contributed by atoms with E-state index in [2.05, 4.69) is 0 Å². The van der Waals surface area contributed by atoms with Crippen molar-refractivity contribution in [2.24, 2.45) is 0 Å². The number of carbonyl (C=O) groups is 1. The van der Waals surface area contributed by atoms with Crippen LogP contribution in [0.1, 0.15) is 10.6 Å². The van der Waals surface area contributed by atoms with Crippen LogP contribution in [0.2, 0.25) is 5.02 Å². The minimum atomic E-state index is -0.619. The van der Waals surface area contributed by atoms with Crippen molar-refractivity contribution in [1.82, 2.24) is 0 Å². The van der Waals surface area contributed by atoms with Gasteiger partial charge in [-0.3, -0.25) is 4.79 Å². The van der Waals surface area contributed by atoms with E-state index >= 15 is 0 Å². The summed E-state index contributed by atoms with van der Waals surface area (Å²) in [6, 6.07) is 5.94. The van der Waals surface area contributed by atoms with Crippen molar-refractivity contribution in [2.45, 2.75) is 0 Å². The standard InChI is InChI=1S/C12H8ClFO3/c1-16-12-9(13)4-3-8(11(12)14)10-5-2-7(6-15)17-10/h2-6H,1H3. The molecular weight excluding hydrogens is 247 g/mol. The third kappa shape index (κ3) is 2.03. The smallest absolute Gasteiger partial charge is 0.185 e. The van der Waals surface area contributed by atoms with Gasteiger partial charge in [0.05, 0.1) is 17.7 Å². The Morgan fingerprint density at radius 1 is 1.35 bits per heavy atom. The number of furan rings is 1. The van der Waals surface area contributed by atoms with E-state index in [4.69, 9.17) is 20.8 Å². The number of ether oxygens (including phenoxy) is 1. The van der Waals surface area contributed by atoms with Crippen LogP contribution in [0.3, 0.4) is 0 Å². The number of rotatable bonds is 3. The third-order valence-corrected chi connectivity index (χ3v) is 2.56. The number of methoxy groups -OCH3 is 1. The van der Waals surface area contributed by atoms with E-state index in [9.17, 15) is 9.18 Å². The predicted octanol–water partition coefficient (Wildman–Crippen LogP) is 3.56. The van der Waals surface area contributed by atoms with Crippen molar-refractivity contribution >= 4 is 17.9 Å². The molecule has 0 fully saturated rings. The van der Waals surface area contributed by atoms with E-state index in [0.29, 0.717) is 6.29 Å². The first kappa shape index (κ1) is 11.7. The summed E-state index contributed by atoms with van der Waals surface area (Å²) in [6.45, 7) is 0. The van der Waals surface area contributed by atoms with E-state index in [1.165, 1.54) is 31.4 Å². The molecular formula is C12H8ClFO3. The van der Waals surface area contributed by atoms with Crippen LogP contribution in [0.25, 0.3) is 11.3 Å². The van der Waals surface area contributed by atoms with Crippen molar-refractivity contribution in [1.29, 1.82) is 0 Å².